The van der Waals surface area contributed by atoms with Gasteiger partial charge in [0.1, 0.15) is 11.3 Å². The van der Waals surface area contributed by atoms with Gasteiger partial charge in [0.25, 0.3) is 5.91 Å². The maximum Gasteiger partial charge on any atom is 0.354 e. The van der Waals surface area contributed by atoms with Crippen LogP contribution >= 0.6 is 0 Å². The third-order valence-electron chi connectivity index (χ3n) is 4.07. The Kier molecular flexibility index (Phi) is 3.43. The number of hydrogen-bond acceptors (Lipinski definition) is 6. The van der Waals surface area contributed by atoms with Crippen LogP contribution in [0.1, 0.15) is 24.0 Å². The molecule has 23 heavy (non-hydrogen) atoms. The summed E-state index contributed by atoms with van der Waals surface area (Å²) < 4.78 is 4.62. The van der Waals surface area contributed by atoms with E-state index in [-0.39, 0.29) is 24.5 Å². The first-order valence-corrected chi connectivity index (χ1v) is 7.24. The lowest BCUT2D eigenvalue weighted by atomic mass is 9.93. The van der Waals surface area contributed by atoms with Gasteiger partial charge in [-0.2, -0.15) is 5.10 Å². The fraction of sp³-hybridized carbons (Fsp3) is 0.375. The van der Waals surface area contributed by atoms with Crippen molar-refractivity contribution in [3.8, 4) is 0 Å². The number of carbonyl (C=O) groups excluding carboxylic acids is 3. The van der Waals surface area contributed by atoms with E-state index in [0.29, 0.717) is 5.69 Å². The molecule has 7 heteroatoms. The Hall–Kier alpha value is -2.70. The van der Waals surface area contributed by atoms with Gasteiger partial charge in [0, 0.05) is 6.42 Å². The van der Waals surface area contributed by atoms with Gasteiger partial charge in [0.05, 0.1) is 19.2 Å². The second-order valence-corrected chi connectivity index (χ2v) is 5.98. The number of aryl methyl sites for hydroxylation is 2. The number of esters is 1. The van der Waals surface area contributed by atoms with Gasteiger partial charge in [-0.15, -0.1) is 0 Å². The summed E-state index contributed by atoms with van der Waals surface area (Å²) in [5.41, 5.74) is 4.10. The van der Waals surface area contributed by atoms with Crippen LogP contribution in [0.2, 0.25) is 0 Å². The van der Waals surface area contributed by atoms with Gasteiger partial charge in [0.15, 0.2) is 0 Å². The molecule has 0 aromatic heterocycles. The second kappa shape index (κ2) is 5.19. The summed E-state index contributed by atoms with van der Waals surface area (Å²) in [7, 11) is 1.25. The van der Waals surface area contributed by atoms with Crippen molar-refractivity contribution in [1.29, 1.82) is 0 Å². The highest BCUT2D eigenvalue weighted by Crippen LogP contribution is 2.35. The van der Waals surface area contributed by atoms with Gasteiger partial charge in [-0.1, -0.05) is 6.07 Å². The van der Waals surface area contributed by atoms with Crippen molar-refractivity contribution in [2.45, 2.75) is 32.2 Å². The fourth-order valence-electron chi connectivity index (χ4n) is 3.08. The Morgan fingerprint density at radius 1 is 1.22 bits per heavy atom. The second-order valence-electron chi connectivity index (χ2n) is 5.98. The molecule has 2 aliphatic rings. The first-order valence-electron chi connectivity index (χ1n) is 7.24. The molecular formula is C16H17N3O4. The van der Waals surface area contributed by atoms with E-state index in [0.717, 1.165) is 11.1 Å². The number of nitrogens with zero attached hydrogens (tertiary/aromatic N) is 2. The smallest absolute Gasteiger partial charge is 0.354 e. The van der Waals surface area contributed by atoms with Crippen molar-refractivity contribution in [3.05, 3.63) is 29.3 Å². The minimum absolute atomic E-state index is 0.0389. The van der Waals surface area contributed by atoms with E-state index in [2.05, 4.69) is 15.3 Å². The number of benzene rings is 1. The molecule has 120 valence electrons. The Labute approximate surface area is 133 Å². The van der Waals surface area contributed by atoms with Crippen molar-refractivity contribution in [3.63, 3.8) is 0 Å². The normalized spacial score (nSPS) is 23.3. The lowest BCUT2D eigenvalue weighted by Crippen LogP contribution is -2.47. The van der Waals surface area contributed by atoms with Crippen LogP contribution in [0, 0.1) is 13.8 Å². The van der Waals surface area contributed by atoms with E-state index in [1.807, 2.05) is 19.9 Å². The molecule has 1 saturated heterocycles. The molecule has 3 rings (SSSR count). The molecular weight excluding hydrogens is 298 g/mol. The SMILES string of the molecule is COC(=O)C1=NN[C@]2(CC(=O)N(c3cc(C)cc(C)c3)C2=O)C1. The average Bonchev–Trinajstić information content (AvgIpc) is 3.00. The van der Waals surface area contributed by atoms with Crippen LogP contribution in [0.4, 0.5) is 5.69 Å². The molecule has 2 aliphatic heterocycles. The molecule has 1 spiro atoms. The highest BCUT2D eigenvalue weighted by Gasteiger charge is 2.56. The van der Waals surface area contributed by atoms with Gasteiger partial charge >= 0.3 is 5.97 Å². The molecule has 0 radical (unpaired) electrons. The van der Waals surface area contributed by atoms with Gasteiger partial charge < -0.3 is 4.74 Å². The van der Waals surface area contributed by atoms with E-state index in [1.54, 1.807) is 12.1 Å². The van der Waals surface area contributed by atoms with E-state index in [9.17, 15) is 14.4 Å². The lowest BCUT2D eigenvalue weighted by Gasteiger charge is -2.21. The van der Waals surface area contributed by atoms with Crippen LogP contribution in [-0.2, 0) is 19.1 Å². The molecule has 1 aromatic rings. The molecule has 1 fully saturated rings. The number of imide groups is 1. The lowest BCUT2D eigenvalue weighted by molar-refractivity contribution is -0.132. The summed E-state index contributed by atoms with van der Waals surface area (Å²) in [4.78, 5) is 38.0. The first-order chi connectivity index (χ1) is 10.9. The predicted molar refractivity (Wildman–Crippen MR) is 83.0 cm³/mol. The summed E-state index contributed by atoms with van der Waals surface area (Å²) in [5, 5.41) is 3.88. The molecule has 0 saturated carbocycles. The largest absolute Gasteiger partial charge is 0.464 e. The van der Waals surface area contributed by atoms with Crippen LogP contribution in [0.5, 0.6) is 0 Å². The third kappa shape index (κ3) is 2.38. The number of rotatable bonds is 2. The van der Waals surface area contributed by atoms with Crippen molar-refractivity contribution in [1.82, 2.24) is 5.43 Å². The molecule has 0 bridgehead atoms. The maximum absolute atomic E-state index is 12.8. The summed E-state index contributed by atoms with van der Waals surface area (Å²) in [6.45, 7) is 3.81. The van der Waals surface area contributed by atoms with Crippen molar-refractivity contribution >= 4 is 29.2 Å². The highest BCUT2D eigenvalue weighted by atomic mass is 16.5. The summed E-state index contributed by atoms with van der Waals surface area (Å²) in [5.74, 6) is -1.30. The molecule has 0 aliphatic carbocycles. The number of hydrazone groups is 1. The van der Waals surface area contributed by atoms with Crippen molar-refractivity contribution in [2.24, 2.45) is 5.10 Å². The number of anilines is 1. The third-order valence-corrected chi connectivity index (χ3v) is 4.07. The zero-order valence-electron chi connectivity index (χ0n) is 13.2. The van der Waals surface area contributed by atoms with Crippen LogP contribution < -0.4 is 10.3 Å². The Bertz CT molecular complexity index is 735. The molecule has 1 N–H and O–H groups in total. The van der Waals surface area contributed by atoms with Crippen LogP contribution in [0.3, 0.4) is 0 Å². The number of amides is 2. The topological polar surface area (TPSA) is 88.1 Å². The Morgan fingerprint density at radius 3 is 2.48 bits per heavy atom. The summed E-state index contributed by atoms with van der Waals surface area (Å²) in [6, 6.07) is 5.55. The molecule has 2 amide bonds. The molecule has 2 heterocycles. The standard InChI is InChI=1S/C16H17N3O4/c1-9-4-10(2)6-11(5-9)19-13(20)8-16(15(19)22)7-12(17-18-16)14(21)23-3/h4-6,18H,7-8H2,1-3H3/t16-/m0/s1. The van der Waals surface area contributed by atoms with E-state index in [1.165, 1.54) is 12.0 Å². The number of carbonyl (C=O) groups is 3. The monoisotopic (exact) mass is 315 g/mol. The van der Waals surface area contributed by atoms with Crippen molar-refractivity contribution < 1.29 is 19.1 Å². The highest BCUT2D eigenvalue weighted by molar-refractivity contribution is 6.39. The zero-order chi connectivity index (χ0) is 16.8. The quantitative estimate of drug-likeness (QED) is 0.645. The zero-order valence-corrected chi connectivity index (χ0v) is 13.2. The predicted octanol–water partition coefficient (Wildman–Crippen LogP) is 0.828. The molecule has 0 unspecified atom stereocenters. The van der Waals surface area contributed by atoms with Crippen LogP contribution in [0.25, 0.3) is 0 Å². The minimum atomic E-state index is -1.18. The van der Waals surface area contributed by atoms with E-state index in [4.69, 9.17) is 0 Å². The average molecular weight is 315 g/mol. The number of methoxy groups -OCH3 is 1. The van der Waals surface area contributed by atoms with Crippen molar-refractivity contribution in [2.75, 3.05) is 12.0 Å². The van der Waals surface area contributed by atoms with Gasteiger partial charge in [-0.25, -0.2) is 9.69 Å². The number of ether oxygens (including phenoxy) is 1. The summed E-state index contributed by atoms with van der Waals surface area (Å²) >= 11 is 0. The molecule has 1 atom stereocenters. The Morgan fingerprint density at radius 2 is 1.87 bits per heavy atom. The van der Waals surface area contributed by atoms with E-state index >= 15 is 0 Å². The van der Waals surface area contributed by atoms with Crippen LogP contribution in [0.15, 0.2) is 23.3 Å². The van der Waals surface area contributed by atoms with Gasteiger partial charge in [-0.05, 0) is 37.1 Å². The van der Waals surface area contributed by atoms with Gasteiger partial charge in [0.2, 0.25) is 5.91 Å². The van der Waals surface area contributed by atoms with Crippen LogP contribution in [-0.4, -0.2) is 36.1 Å². The first kappa shape index (κ1) is 15.2. The summed E-state index contributed by atoms with van der Waals surface area (Å²) in [6.07, 6.45) is 0.00830. The number of nitrogens with one attached hydrogen (secondary N) is 1. The molecule has 1 aromatic carbocycles. The Balaban J connectivity index is 1.91. The minimum Gasteiger partial charge on any atom is -0.464 e. The fourth-order valence-corrected chi connectivity index (χ4v) is 3.08. The number of hydrogen-bond donors (Lipinski definition) is 1. The van der Waals surface area contributed by atoms with Gasteiger partial charge in [-0.3, -0.25) is 15.0 Å². The maximum atomic E-state index is 12.8. The molecule has 7 nitrogen and oxygen atoms in total. The van der Waals surface area contributed by atoms with E-state index < -0.39 is 17.4 Å².